The summed E-state index contributed by atoms with van der Waals surface area (Å²) in [5.41, 5.74) is 1.00. The van der Waals surface area contributed by atoms with E-state index in [1.165, 1.54) is 7.11 Å². The number of rotatable bonds is 4. The smallest absolute Gasteiger partial charge is 0.323 e. The number of aromatic nitrogens is 1. The van der Waals surface area contributed by atoms with Gasteiger partial charge in [-0.1, -0.05) is 0 Å². The topological polar surface area (TPSA) is 51.7 Å². The third kappa shape index (κ3) is 2.88. The van der Waals surface area contributed by atoms with E-state index in [2.05, 4.69) is 9.88 Å². The lowest BCUT2D eigenvalue weighted by atomic mass is 10.2. The summed E-state index contributed by atoms with van der Waals surface area (Å²) in [5, 5.41) is 3.08. The first-order valence-corrected chi connectivity index (χ1v) is 6.77. The lowest BCUT2D eigenvalue weighted by molar-refractivity contribution is -0.146. The van der Waals surface area contributed by atoms with E-state index in [1.54, 1.807) is 18.4 Å². The van der Waals surface area contributed by atoms with Crippen LogP contribution in [-0.4, -0.2) is 48.8 Å². The summed E-state index contributed by atoms with van der Waals surface area (Å²) in [4.78, 5) is 18.3. The van der Waals surface area contributed by atoms with Crippen molar-refractivity contribution in [2.45, 2.75) is 32.0 Å². The molecule has 1 aliphatic heterocycles. The molecule has 0 radical (unpaired) electrons. The number of hydrogen-bond acceptors (Lipinski definition) is 6. The molecular weight excluding hydrogens is 252 g/mol. The maximum atomic E-state index is 11.7. The van der Waals surface area contributed by atoms with Gasteiger partial charge >= 0.3 is 5.97 Å². The standard InChI is InChI=1S/C12H18N2O3S/c1-8-13-9(7-18-8)5-14-6-10(16-2)4-11(14)12(15)17-3/h7,10-11H,4-6H2,1-3H3/t10-,11+/m0/s1. The molecule has 2 atom stereocenters. The van der Waals surface area contributed by atoms with Crippen LogP contribution in [0.5, 0.6) is 0 Å². The first kappa shape index (κ1) is 13.5. The summed E-state index contributed by atoms with van der Waals surface area (Å²) in [6, 6.07) is -0.220. The summed E-state index contributed by atoms with van der Waals surface area (Å²) in [7, 11) is 3.10. The van der Waals surface area contributed by atoms with Crippen LogP contribution < -0.4 is 0 Å². The van der Waals surface area contributed by atoms with Gasteiger partial charge in [0.05, 0.1) is 23.9 Å². The average molecular weight is 270 g/mol. The van der Waals surface area contributed by atoms with Crippen LogP contribution in [0.25, 0.3) is 0 Å². The number of thiazole rings is 1. The molecule has 0 aromatic carbocycles. The van der Waals surface area contributed by atoms with Gasteiger partial charge in [-0.05, 0) is 6.92 Å². The fourth-order valence-corrected chi connectivity index (χ4v) is 2.88. The zero-order chi connectivity index (χ0) is 13.1. The second-order valence-electron chi connectivity index (χ2n) is 4.42. The summed E-state index contributed by atoms with van der Waals surface area (Å²) in [6.07, 6.45) is 0.778. The first-order chi connectivity index (χ1) is 8.63. The molecular formula is C12H18N2O3S. The lowest BCUT2D eigenvalue weighted by Crippen LogP contribution is -2.36. The van der Waals surface area contributed by atoms with Gasteiger partial charge < -0.3 is 9.47 Å². The van der Waals surface area contributed by atoms with Gasteiger partial charge in [0, 0.05) is 32.0 Å². The molecule has 2 heterocycles. The van der Waals surface area contributed by atoms with Gasteiger partial charge in [-0.2, -0.15) is 0 Å². The second-order valence-corrected chi connectivity index (χ2v) is 5.48. The van der Waals surface area contributed by atoms with E-state index in [1.807, 2.05) is 12.3 Å². The van der Waals surface area contributed by atoms with Crippen molar-refractivity contribution in [3.8, 4) is 0 Å². The van der Waals surface area contributed by atoms with Crippen molar-refractivity contribution in [1.82, 2.24) is 9.88 Å². The van der Waals surface area contributed by atoms with Crippen molar-refractivity contribution in [2.24, 2.45) is 0 Å². The van der Waals surface area contributed by atoms with E-state index in [4.69, 9.17) is 9.47 Å². The summed E-state index contributed by atoms with van der Waals surface area (Å²) >= 11 is 1.62. The van der Waals surface area contributed by atoms with Gasteiger partial charge in [0.15, 0.2) is 0 Å². The second kappa shape index (κ2) is 5.77. The van der Waals surface area contributed by atoms with Crippen LogP contribution in [-0.2, 0) is 20.8 Å². The predicted octanol–water partition coefficient (Wildman–Crippen LogP) is 1.21. The summed E-state index contributed by atoms with van der Waals surface area (Å²) in [5.74, 6) is -0.193. The molecule has 2 rings (SSSR count). The Morgan fingerprint density at radius 1 is 1.61 bits per heavy atom. The van der Waals surface area contributed by atoms with E-state index >= 15 is 0 Å². The number of carbonyl (C=O) groups excluding carboxylic acids is 1. The molecule has 0 unspecified atom stereocenters. The predicted molar refractivity (Wildman–Crippen MR) is 68.5 cm³/mol. The number of ether oxygens (including phenoxy) is 2. The molecule has 0 saturated carbocycles. The quantitative estimate of drug-likeness (QED) is 0.770. The molecule has 0 N–H and O–H groups in total. The Hall–Kier alpha value is -0.980. The Kier molecular flexibility index (Phi) is 4.31. The largest absolute Gasteiger partial charge is 0.468 e. The number of methoxy groups -OCH3 is 2. The van der Waals surface area contributed by atoms with Crippen LogP contribution in [0.3, 0.4) is 0 Å². The average Bonchev–Trinajstić information content (AvgIpc) is 2.95. The zero-order valence-electron chi connectivity index (χ0n) is 10.9. The minimum absolute atomic E-state index is 0.0915. The molecule has 1 saturated heterocycles. The van der Waals surface area contributed by atoms with Gasteiger partial charge in [-0.25, -0.2) is 4.98 Å². The molecule has 18 heavy (non-hydrogen) atoms. The van der Waals surface area contributed by atoms with Crippen LogP contribution >= 0.6 is 11.3 Å². The van der Waals surface area contributed by atoms with E-state index in [-0.39, 0.29) is 18.1 Å². The fraction of sp³-hybridized carbons (Fsp3) is 0.667. The molecule has 0 bridgehead atoms. The van der Waals surface area contributed by atoms with Crippen LogP contribution in [0.15, 0.2) is 5.38 Å². The number of likely N-dealkylation sites (tertiary alicyclic amines) is 1. The van der Waals surface area contributed by atoms with Crippen LogP contribution in [0.1, 0.15) is 17.1 Å². The van der Waals surface area contributed by atoms with Gasteiger partial charge in [-0.15, -0.1) is 11.3 Å². The minimum Gasteiger partial charge on any atom is -0.468 e. The Morgan fingerprint density at radius 2 is 2.39 bits per heavy atom. The highest BCUT2D eigenvalue weighted by Crippen LogP contribution is 2.23. The molecule has 1 aliphatic rings. The normalized spacial score (nSPS) is 24.4. The molecule has 1 aromatic heterocycles. The van der Waals surface area contributed by atoms with Gasteiger partial charge in [0.2, 0.25) is 0 Å². The Labute approximate surface area is 111 Å². The Morgan fingerprint density at radius 3 is 2.94 bits per heavy atom. The van der Waals surface area contributed by atoms with E-state index in [0.29, 0.717) is 13.0 Å². The molecule has 0 aliphatic carbocycles. The highest BCUT2D eigenvalue weighted by Gasteiger charge is 2.37. The SMILES string of the molecule is COC(=O)[C@H]1C[C@H](OC)CN1Cc1csc(C)n1. The van der Waals surface area contributed by atoms with Gasteiger partial charge in [0.1, 0.15) is 6.04 Å². The summed E-state index contributed by atoms with van der Waals surface area (Å²) in [6.45, 7) is 3.39. The Balaban J connectivity index is 2.06. The monoisotopic (exact) mass is 270 g/mol. The molecule has 0 spiro atoms. The highest BCUT2D eigenvalue weighted by molar-refractivity contribution is 7.09. The van der Waals surface area contributed by atoms with Crippen LogP contribution in [0, 0.1) is 6.92 Å². The van der Waals surface area contributed by atoms with Crippen molar-refractivity contribution >= 4 is 17.3 Å². The van der Waals surface area contributed by atoms with E-state index < -0.39 is 0 Å². The molecule has 100 valence electrons. The van der Waals surface area contributed by atoms with Crippen molar-refractivity contribution < 1.29 is 14.3 Å². The van der Waals surface area contributed by atoms with Crippen LogP contribution in [0.4, 0.5) is 0 Å². The number of esters is 1. The molecule has 1 fully saturated rings. The maximum Gasteiger partial charge on any atom is 0.323 e. The number of nitrogens with zero attached hydrogens (tertiary/aromatic N) is 2. The number of carbonyl (C=O) groups is 1. The van der Waals surface area contributed by atoms with Crippen molar-refractivity contribution in [1.29, 1.82) is 0 Å². The Bertz CT molecular complexity index is 421. The van der Waals surface area contributed by atoms with Gasteiger partial charge in [-0.3, -0.25) is 9.69 Å². The van der Waals surface area contributed by atoms with Crippen molar-refractivity contribution in [3.05, 3.63) is 16.1 Å². The molecule has 5 nitrogen and oxygen atoms in total. The first-order valence-electron chi connectivity index (χ1n) is 5.89. The van der Waals surface area contributed by atoms with Crippen molar-refractivity contribution in [2.75, 3.05) is 20.8 Å². The fourth-order valence-electron chi connectivity index (χ4n) is 2.28. The molecule has 1 aromatic rings. The number of aryl methyl sites for hydroxylation is 1. The van der Waals surface area contributed by atoms with Gasteiger partial charge in [0.25, 0.3) is 0 Å². The molecule has 6 heteroatoms. The third-order valence-electron chi connectivity index (χ3n) is 3.20. The minimum atomic E-state index is -0.220. The lowest BCUT2D eigenvalue weighted by Gasteiger charge is -2.20. The summed E-state index contributed by atoms with van der Waals surface area (Å²) < 4.78 is 10.2. The zero-order valence-corrected chi connectivity index (χ0v) is 11.7. The van der Waals surface area contributed by atoms with Crippen LogP contribution in [0.2, 0.25) is 0 Å². The van der Waals surface area contributed by atoms with E-state index in [0.717, 1.165) is 17.2 Å². The number of hydrogen-bond donors (Lipinski definition) is 0. The van der Waals surface area contributed by atoms with E-state index in [9.17, 15) is 4.79 Å². The van der Waals surface area contributed by atoms with Crippen molar-refractivity contribution in [3.63, 3.8) is 0 Å². The third-order valence-corrected chi connectivity index (χ3v) is 4.03. The molecule has 0 amide bonds. The highest BCUT2D eigenvalue weighted by atomic mass is 32.1. The maximum absolute atomic E-state index is 11.7.